The second-order valence-corrected chi connectivity index (χ2v) is 6.76. The Balaban J connectivity index is 1.65. The first-order valence-corrected chi connectivity index (χ1v) is 8.82. The normalized spacial score (nSPS) is 14.5. The summed E-state index contributed by atoms with van der Waals surface area (Å²) < 4.78 is 5.22. The highest BCUT2D eigenvalue weighted by Crippen LogP contribution is 2.19. The molecular weight excluding hydrogens is 352 g/mol. The number of halogens is 1. The monoisotopic (exact) mass is 372 g/mol. The molecule has 1 heterocycles. The summed E-state index contributed by atoms with van der Waals surface area (Å²) in [4.78, 5) is 28.5. The average Bonchev–Trinajstić information content (AvgIpc) is 2.65. The molecule has 0 bridgehead atoms. The molecule has 1 fully saturated rings. The number of aryl methyl sites for hydroxylation is 1. The van der Waals surface area contributed by atoms with Crippen molar-refractivity contribution >= 4 is 23.4 Å². The Labute approximate surface area is 158 Å². The molecule has 5 nitrogen and oxygen atoms in total. The lowest BCUT2D eigenvalue weighted by Gasteiger charge is -2.34. The van der Waals surface area contributed by atoms with Gasteiger partial charge in [-0.25, -0.2) is 0 Å². The van der Waals surface area contributed by atoms with Gasteiger partial charge in [-0.2, -0.15) is 0 Å². The number of carbonyl (C=O) groups is 2. The van der Waals surface area contributed by atoms with Crippen LogP contribution in [-0.2, 0) is 11.3 Å². The van der Waals surface area contributed by atoms with Gasteiger partial charge in [0.1, 0.15) is 12.3 Å². The highest BCUT2D eigenvalue weighted by Gasteiger charge is 2.28. The maximum absolute atomic E-state index is 12.7. The molecule has 1 saturated heterocycles. The van der Waals surface area contributed by atoms with E-state index in [1.807, 2.05) is 31.2 Å². The van der Waals surface area contributed by atoms with E-state index >= 15 is 0 Å². The molecular formula is C20H21ClN2O3. The Kier molecular flexibility index (Phi) is 5.47. The van der Waals surface area contributed by atoms with E-state index in [9.17, 15) is 9.59 Å². The number of hydrogen-bond acceptors (Lipinski definition) is 3. The topological polar surface area (TPSA) is 49.9 Å². The molecule has 6 heteroatoms. The van der Waals surface area contributed by atoms with Gasteiger partial charge in [-0.1, -0.05) is 23.7 Å². The van der Waals surface area contributed by atoms with E-state index in [0.29, 0.717) is 30.2 Å². The Morgan fingerprint density at radius 1 is 1.19 bits per heavy atom. The van der Waals surface area contributed by atoms with Crippen molar-refractivity contribution in [3.63, 3.8) is 0 Å². The van der Waals surface area contributed by atoms with Crippen molar-refractivity contribution in [2.45, 2.75) is 13.5 Å². The first-order chi connectivity index (χ1) is 12.5. The molecule has 26 heavy (non-hydrogen) atoms. The maximum atomic E-state index is 12.7. The number of benzene rings is 2. The van der Waals surface area contributed by atoms with Gasteiger partial charge in [0.05, 0.1) is 7.11 Å². The number of nitrogens with zero attached hydrogens (tertiary/aromatic N) is 2. The van der Waals surface area contributed by atoms with E-state index in [2.05, 4.69) is 0 Å². The van der Waals surface area contributed by atoms with Crippen LogP contribution in [0.25, 0.3) is 0 Å². The lowest BCUT2D eigenvalue weighted by molar-refractivity contribution is -0.135. The fourth-order valence-electron chi connectivity index (χ4n) is 3.00. The van der Waals surface area contributed by atoms with Crippen LogP contribution in [0.1, 0.15) is 21.5 Å². The zero-order valence-electron chi connectivity index (χ0n) is 14.9. The van der Waals surface area contributed by atoms with Crippen LogP contribution < -0.4 is 4.74 Å². The van der Waals surface area contributed by atoms with E-state index in [0.717, 1.165) is 16.9 Å². The van der Waals surface area contributed by atoms with Crippen LogP contribution in [0.5, 0.6) is 5.75 Å². The van der Waals surface area contributed by atoms with Gasteiger partial charge in [0.2, 0.25) is 5.91 Å². The van der Waals surface area contributed by atoms with Gasteiger partial charge >= 0.3 is 0 Å². The van der Waals surface area contributed by atoms with E-state index in [1.165, 1.54) is 0 Å². The van der Waals surface area contributed by atoms with Crippen LogP contribution in [0.2, 0.25) is 5.02 Å². The molecule has 2 aromatic rings. The molecule has 0 unspecified atom stereocenters. The van der Waals surface area contributed by atoms with Gasteiger partial charge < -0.3 is 14.5 Å². The highest BCUT2D eigenvalue weighted by atomic mass is 35.5. The van der Waals surface area contributed by atoms with Crippen LogP contribution >= 0.6 is 11.6 Å². The summed E-state index contributed by atoms with van der Waals surface area (Å²) in [6, 6.07) is 12.8. The smallest absolute Gasteiger partial charge is 0.254 e. The van der Waals surface area contributed by atoms with Gasteiger partial charge in [-0.05, 0) is 48.4 Å². The molecule has 1 aliphatic heterocycles. The average molecular weight is 373 g/mol. The molecule has 0 spiro atoms. The molecule has 3 rings (SSSR count). The van der Waals surface area contributed by atoms with E-state index in [-0.39, 0.29) is 18.4 Å². The molecule has 2 aromatic carbocycles. The Hall–Kier alpha value is -2.53. The molecule has 0 radical (unpaired) electrons. The minimum absolute atomic E-state index is 0.0573. The van der Waals surface area contributed by atoms with E-state index in [1.54, 1.807) is 35.1 Å². The summed E-state index contributed by atoms with van der Waals surface area (Å²) in [5.41, 5.74) is 2.41. The molecule has 0 aromatic heterocycles. The van der Waals surface area contributed by atoms with Crippen molar-refractivity contribution in [1.29, 1.82) is 0 Å². The van der Waals surface area contributed by atoms with Crippen molar-refractivity contribution < 1.29 is 14.3 Å². The minimum Gasteiger partial charge on any atom is -0.497 e. The third-order valence-electron chi connectivity index (χ3n) is 4.52. The number of piperazine rings is 1. The fourth-order valence-corrected chi connectivity index (χ4v) is 3.12. The van der Waals surface area contributed by atoms with Crippen LogP contribution in [0.4, 0.5) is 0 Å². The van der Waals surface area contributed by atoms with Crippen LogP contribution in [0.15, 0.2) is 42.5 Å². The lowest BCUT2D eigenvalue weighted by atomic mass is 10.1. The number of methoxy groups -OCH3 is 1. The summed E-state index contributed by atoms with van der Waals surface area (Å²) in [6.07, 6.45) is 0. The lowest BCUT2D eigenvalue weighted by Crippen LogP contribution is -2.51. The van der Waals surface area contributed by atoms with Crippen molar-refractivity contribution in [3.8, 4) is 5.75 Å². The minimum atomic E-state index is -0.140. The molecule has 2 amide bonds. The zero-order valence-corrected chi connectivity index (χ0v) is 15.6. The second-order valence-electron chi connectivity index (χ2n) is 6.36. The SMILES string of the molecule is COc1cccc(CN2CCN(C(=O)c3ccc(Cl)c(C)c3)CC2=O)c1. The summed E-state index contributed by atoms with van der Waals surface area (Å²) in [6.45, 7) is 3.48. The number of amides is 2. The van der Waals surface area contributed by atoms with Crippen LogP contribution in [0.3, 0.4) is 0 Å². The molecule has 136 valence electrons. The predicted octanol–water partition coefficient (Wildman–Crippen LogP) is 3.14. The van der Waals surface area contributed by atoms with Crippen LogP contribution in [-0.4, -0.2) is 48.4 Å². The number of ether oxygens (including phenoxy) is 1. The third kappa shape index (κ3) is 3.99. The van der Waals surface area contributed by atoms with Gasteiger partial charge in [0.25, 0.3) is 5.91 Å². The second kappa shape index (κ2) is 7.79. The standard InChI is InChI=1S/C20H21ClN2O3/c1-14-10-16(6-7-18(14)21)20(25)23-9-8-22(19(24)13-23)12-15-4-3-5-17(11-15)26-2/h3-7,10-11H,8-9,12-13H2,1-2H3. The number of rotatable bonds is 4. The molecule has 1 aliphatic rings. The molecule has 0 aliphatic carbocycles. The summed E-state index contributed by atoms with van der Waals surface area (Å²) in [5, 5.41) is 0.626. The molecule has 0 N–H and O–H groups in total. The van der Waals surface area contributed by atoms with Gasteiger partial charge in [-0.3, -0.25) is 9.59 Å². The number of hydrogen-bond donors (Lipinski definition) is 0. The predicted molar refractivity (Wildman–Crippen MR) is 101 cm³/mol. The summed E-state index contributed by atoms with van der Waals surface area (Å²) in [5.74, 6) is 0.569. The van der Waals surface area contributed by atoms with Crippen molar-refractivity contribution in [1.82, 2.24) is 9.80 Å². The molecule has 0 saturated carbocycles. The van der Waals surface area contributed by atoms with E-state index < -0.39 is 0 Å². The Morgan fingerprint density at radius 3 is 2.69 bits per heavy atom. The zero-order chi connectivity index (χ0) is 18.7. The Morgan fingerprint density at radius 2 is 2.00 bits per heavy atom. The van der Waals surface area contributed by atoms with Gasteiger partial charge in [-0.15, -0.1) is 0 Å². The van der Waals surface area contributed by atoms with Crippen molar-refractivity contribution in [2.24, 2.45) is 0 Å². The van der Waals surface area contributed by atoms with Crippen molar-refractivity contribution in [3.05, 3.63) is 64.2 Å². The highest BCUT2D eigenvalue weighted by molar-refractivity contribution is 6.31. The third-order valence-corrected chi connectivity index (χ3v) is 4.94. The first-order valence-electron chi connectivity index (χ1n) is 8.44. The quantitative estimate of drug-likeness (QED) is 0.828. The molecule has 0 atom stereocenters. The van der Waals surface area contributed by atoms with Gasteiger partial charge in [0.15, 0.2) is 0 Å². The maximum Gasteiger partial charge on any atom is 0.254 e. The van der Waals surface area contributed by atoms with E-state index in [4.69, 9.17) is 16.3 Å². The van der Waals surface area contributed by atoms with Crippen LogP contribution in [0, 0.1) is 6.92 Å². The summed E-state index contributed by atoms with van der Waals surface area (Å²) >= 11 is 6.02. The fraction of sp³-hybridized carbons (Fsp3) is 0.300. The van der Waals surface area contributed by atoms with Gasteiger partial charge in [0, 0.05) is 30.2 Å². The first kappa shape index (κ1) is 18.3. The summed E-state index contributed by atoms with van der Waals surface area (Å²) in [7, 11) is 1.62. The van der Waals surface area contributed by atoms with Crippen molar-refractivity contribution in [2.75, 3.05) is 26.7 Å². The number of carbonyl (C=O) groups excluding carboxylic acids is 2. The Bertz CT molecular complexity index is 838. The largest absolute Gasteiger partial charge is 0.497 e.